The maximum atomic E-state index is 8.23. The van der Waals surface area contributed by atoms with E-state index in [0.717, 1.165) is 16.3 Å². The Morgan fingerprint density at radius 1 is 0.800 bits per heavy atom. The van der Waals surface area contributed by atoms with E-state index in [4.69, 9.17) is 12.6 Å². The predicted molar refractivity (Wildman–Crippen MR) is 102 cm³/mol. The SMILES string of the molecule is [2H]c1ccnc(-c2cccc3c2oc2cc(-c4c([2H])c([2H])c([2H])c([2H])c4[2H])ccc23)c1. The van der Waals surface area contributed by atoms with Crippen LogP contribution < -0.4 is 0 Å². The highest BCUT2D eigenvalue weighted by molar-refractivity contribution is 6.10. The molecule has 0 radical (unpaired) electrons. The Hall–Kier alpha value is -3.39. The normalized spacial score (nSPS) is 14.6. The van der Waals surface area contributed by atoms with Gasteiger partial charge in [0.05, 0.1) is 13.9 Å². The first kappa shape index (κ1) is 9.19. The van der Waals surface area contributed by atoms with Gasteiger partial charge in [0.2, 0.25) is 0 Å². The second kappa shape index (κ2) is 5.60. The lowest BCUT2D eigenvalue weighted by molar-refractivity contribution is 0.670. The summed E-state index contributed by atoms with van der Waals surface area (Å²) in [5.74, 6) is 0. The Bertz CT molecular complexity index is 1480. The molecular weight excluding hydrogens is 306 g/mol. The predicted octanol–water partition coefficient (Wildman–Crippen LogP) is 6.32. The third-order valence-corrected chi connectivity index (χ3v) is 4.17. The monoisotopic (exact) mass is 327 g/mol. The fourth-order valence-corrected chi connectivity index (χ4v) is 3.02. The zero-order valence-corrected chi connectivity index (χ0v) is 13.1. The van der Waals surface area contributed by atoms with Crippen molar-refractivity contribution in [2.45, 2.75) is 0 Å². The lowest BCUT2D eigenvalue weighted by atomic mass is 10.0. The van der Waals surface area contributed by atoms with E-state index in [1.165, 1.54) is 0 Å². The molecular formula is C23H15NO. The van der Waals surface area contributed by atoms with E-state index in [-0.39, 0.29) is 29.7 Å². The maximum absolute atomic E-state index is 8.23. The van der Waals surface area contributed by atoms with E-state index >= 15 is 0 Å². The van der Waals surface area contributed by atoms with Gasteiger partial charge < -0.3 is 4.42 Å². The van der Waals surface area contributed by atoms with Crippen LogP contribution in [0.1, 0.15) is 8.22 Å². The van der Waals surface area contributed by atoms with Crippen LogP contribution in [0.3, 0.4) is 0 Å². The summed E-state index contributed by atoms with van der Waals surface area (Å²) in [5.41, 5.74) is 3.16. The van der Waals surface area contributed by atoms with E-state index in [1.54, 1.807) is 30.5 Å². The summed E-state index contributed by atoms with van der Waals surface area (Å²) in [7, 11) is 0. The molecule has 2 heterocycles. The molecule has 3 aromatic carbocycles. The molecule has 5 rings (SSSR count). The van der Waals surface area contributed by atoms with Gasteiger partial charge in [-0.3, -0.25) is 4.98 Å². The van der Waals surface area contributed by atoms with Crippen LogP contribution in [0.4, 0.5) is 0 Å². The molecule has 0 amide bonds. The molecule has 0 saturated carbocycles. The number of nitrogens with zero attached hydrogens (tertiary/aromatic N) is 1. The van der Waals surface area contributed by atoms with Gasteiger partial charge in [0.1, 0.15) is 11.2 Å². The van der Waals surface area contributed by atoms with E-state index in [2.05, 4.69) is 4.98 Å². The molecule has 0 atom stereocenters. The summed E-state index contributed by atoms with van der Waals surface area (Å²) in [4.78, 5) is 4.36. The van der Waals surface area contributed by atoms with Crippen LogP contribution in [0.25, 0.3) is 44.3 Å². The van der Waals surface area contributed by atoms with Crippen molar-refractivity contribution < 1.29 is 12.6 Å². The fourth-order valence-electron chi connectivity index (χ4n) is 3.02. The molecule has 5 aromatic rings. The third kappa shape index (κ3) is 2.31. The van der Waals surface area contributed by atoms with E-state index in [1.807, 2.05) is 24.3 Å². The molecule has 0 aliphatic rings. The van der Waals surface area contributed by atoms with Crippen LogP contribution in [0, 0.1) is 0 Å². The molecule has 118 valence electrons. The lowest BCUT2D eigenvalue weighted by Gasteiger charge is -2.00. The van der Waals surface area contributed by atoms with Crippen LogP contribution in [0.2, 0.25) is 0 Å². The van der Waals surface area contributed by atoms with Crippen LogP contribution in [-0.2, 0) is 0 Å². The van der Waals surface area contributed by atoms with Gasteiger partial charge in [-0.05, 0) is 41.5 Å². The summed E-state index contributed by atoms with van der Waals surface area (Å²) in [6.07, 6.45) is 1.58. The number of pyridine rings is 1. The quantitative estimate of drug-likeness (QED) is 0.379. The first-order valence-electron chi connectivity index (χ1n) is 10.8. The van der Waals surface area contributed by atoms with E-state index < -0.39 is 6.04 Å². The van der Waals surface area contributed by atoms with Gasteiger partial charge in [-0.2, -0.15) is 0 Å². The number of hydrogen-bond donors (Lipinski definition) is 0. The van der Waals surface area contributed by atoms with Crippen LogP contribution in [0.5, 0.6) is 0 Å². The summed E-state index contributed by atoms with van der Waals surface area (Å²) < 4.78 is 54.1. The molecule has 2 aromatic heterocycles. The highest BCUT2D eigenvalue weighted by Gasteiger charge is 2.13. The van der Waals surface area contributed by atoms with Crippen LogP contribution in [0.15, 0.2) is 95.4 Å². The third-order valence-electron chi connectivity index (χ3n) is 4.17. The molecule has 0 aliphatic heterocycles. The van der Waals surface area contributed by atoms with Gasteiger partial charge in [0.15, 0.2) is 0 Å². The fraction of sp³-hybridized carbons (Fsp3) is 0. The molecule has 0 unspecified atom stereocenters. The van der Waals surface area contributed by atoms with Crippen molar-refractivity contribution in [1.82, 2.24) is 4.98 Å². The zero-order chi connectivity index (χ0) is 21.9. The van der Waals surface area contributed by atoms with Crippen molar-refractivity contribution in [3.8, 4) is 22.4 Å². The second-order valence-electron chi connectivity index (χ2n) is 5.64. The number of aromatic nitrogens is 1. The minimum Gasteiger partial charge on any atom is -0.455 e. The molecule has 2 nitrogen and oxygen atoms in total. The molecule has 0 bridgehead atoms. The lowest BCUT2D eigenvalue weighted by Crippen LogP contribution is -1.81. The van der Waals surface area contributed by atoms with Gasteiger partial charge in [-0.1, -0.05) is 54.5 Å². The number of furan rings is 1. The number of rotatable bonds is 2. The molecule has 0 spiro atoms. The summed E-state index contributed by atoms with van der Waals surface area (Å²) >= 11 is 0. The van der Waals surface area contributed by atoms with Gasteiger partial charge in [-0.15, -0.1) is 0 Å². The smallest absolute Gasteiger partial charge is 0.144 e. The summed E-state index contributed by atoms with van der Waals surface area (Å²) in [6.45, 7) is 0. The summed E-state index contributed by atoms with van der Waals surface area (Å²) in [6, 6.07) is 12.9. The first-order chi connectivity index (χ1) is 14.9. The standard InChI is InChI=1S/C23H15NO/c1-2-7-16(8-3-1)17-12-13-18-19-9-6-10-20(21-11-4-5-14-24-21)23(19)25-22(18)15-17/h1-15H/i1D,2D,3D,4D,7D,8D. The van der Waals surface area contributed by atoms with E-state index in [0.29, 0.717) is 28.5 Å². The minimum absolute atomic E-state index is 0.136. The summed E-state index contributed by atoms with van der Waals surface area (Å²) in [5, 5.41) is 1.72. The molecule has 0 fully saturated rings. The molecule has 0 aliphatic carbocycles. The number of hydrogen-bond acceptors (Lipinski definition) is 2. The van der Waals surface area contributed by atoms with Crippen molar-refractivity contribution in [2.24, 2.45) is 0 Å². The number of fused-ring (bicyclic) bond motifs is 3. The van der Waals surface area contributed by atoms with Crippen molar-refractivity contribution in [3.05, 3.63) is 91.0 Å². The molecule has 2 heteroatoms. The number of para-hydroxylation sites is 1. The largest absolute Gasteiger partial charge is 0.455 e. The second-order valence-corrected chi connectivity index (χ2v) is 5.64. The average Bonchev–Trinajstić information content (AvgIpc) is 3.14. The Kier molecular flexibility index (Phi) is 2.06. The van der Waals surface area contributed by atoms with Gasteiger partial charge in [-0.25, -0.2) is 0 Å². The van der Waals surface area contributed by atoms with Crippen LogP contribution >= 0.6 is 0 Å². The van der Waals surface area contributed by atoms with Crippen LogP contribution in [-0.4, -0.2) is 4.98 Å². The van der Waals surface area contributed by atoms with E-state index in [9.17, 15) is 0 Å². The molecule has 0 N–H and O–H groups in total. The van der Waals surface area contributed by atoms with Gasteiger partial charge in [0, 0.05) is 22.5 Å². The van der Waals surface area contributed by atoms with Crippen molar-refractivity contribution in [1.29, 1.82) is 0 Å². The highest BCUT2D eigenvalue weighted by Crippen LogP contribution is 2.36. The first-order valence-corrected chi connectivity index (χ1v) is 7.82. The molecule has 25 heavy (non-hydrogen) atoms. The Morgan fingerprint density at radius 2 is 1.72 bits per heavy atom. The van der Waals surface area contributed by atoms with Crippen molar-refractivity contribution in [2.75, 3.05) is 0 Å². The van der Waals surface area contributed by atoms with Crippen molar-refractivity contribution >= 4 is 21.9 Å². The average molecular weight is 327 g/mol. The zero-order valence-electron chi connectivity index (χ0n) is 19.1. The Morgan fingerprint density at radius 3 is 2.60 bits per heavy atom. The minimum atomic E-state index is -0.419. The van der Waals surface area contributed by atoms with Crippen molar-refractivity contribution in [3.63, 3.8) is 0 Å². The highest BCUT2D eigenvalue weighted by atomic mass is 16.3. The van der Waals surface area contributed by atoms with Gasteiger partial charge >= 0.3 is 0 Å². The Balaban J connectivity index is 1.76. The van der Waals surface area contributed by atoms with Gasteiger partial charge in [0.25, 0.3) is 0 Å². The maximum Gasteiger partial charge on any atom is 0.144 e. The molecule has 0 saturated heterocycles. The Labute approximate surface area is 153 Å². The topological polar surface area (TPSA) is 26.0 Å². The number of benzene rings is 3.